The molecule has 0 heterocycles. The number of hydrogen-bond donors (Lipinski definition) is 0. The van der Waals surface area contributed by atoms with Crippen LogP contribution in [0.3, 0.4) is 0 Å². The van der Waals surface area contributed by atoms with Gasteiger partial charge in [0.1, 0.15) is 0 Å². The molecule has 0 radical (unpaired) electrons. The predicted molar refractivity (Wildman–Crippen MR) is 89.0 cm³/mol. The third-order valence-corrected chi connectivity index (χ3v) is 4.70. The summed E-state index contributed by atoms with van der Waals surface area (Å²) in [5, 5.41) is 8.79. The Bertz CT molecular complexity index is 470. The second-order valence-electron chi connectivity index (χ2n) is 6.36. The first kappa shape index (κ1) is 15.8. The molecule has 1 aliphatic rings. The maximum atomic E-state index is 8.79. The predicted octanol–water partition coefficient (Wildman–Crippen LogP) is 5.65. The van der Waals surface area contributed by atoms with Gasteiger partial charge in [-0.3, -0.25) is 0 Å². The van der Waals surface area contributed by atoms with Gasteiger partial charge in [-0.25, -0.2) is 0 Å². The Hall–Kier alpha value is -1.55. The van der Waals surface area contributed by atoms with Crippen molar-refractivity contribution in [2.24, 2.45) is 11.8 Å². The maximum absolute atomic E-state index is 8.79. The van der Waals surface area contributed by atoms with Crippen LogP contribution in [0, 0.1) is 23.2 Å². The summed E-state index contributed by atoms with van der Waals surface area (Å²) in [6.45, 7) is 2.29. The van der Waals surface area contributed by atoms with Crippen LogP contribution in [0.5, 0.6) is 0 Å². The summed E-state index contributed by atoms with van der Waals surface area (Å²) in [5.74, 6) is 1.79. The Morgan fingerprint density at radius 1 is 1.14 bits per heavy atom. The van der Waals surface area contributed by atoms with Gasteiger partial charge in [-0.2, -0.15) is 5.26 Å². The molecule has 0 spiro atoms. The van der Waals surface area contributed by atoms with Gasteiger partial charge in [0.2, 0.25) is 0 Å². The quantitative estimate of drug-likeness (QED) is 0.618. The molecule has 21 heavy (non-hydrogen) atoms. The van der Waals surface area contributed by atoms with Crippen LogP contribution in [0.1, 0.15) is 63.0 Å². The molecule has 1 aromatic carbocycles. The van der Waals surface area contributed by atoms with Gasteiger partial charge >= 0.3 is 0 Å². The van der Waals surface area contributed by atoms with Gasteiger partial charge < -0.3 is 0 Å². The second-order valence-corrected chi connectivity index (χ2v) is 6.36. The van der Waals surface area contributed by atoms with Crippen LogP contribution in [0.2, 0.25) is 0 Å². The lowest BCUT2D eigenvalue weighted by molar-refractivity contribution is 0.290. The first-order valence-electron chi connectivity index (χ1n) is 8.47. The van der Waals surface area contributed by atoms with Gasteiger partial charge in [0, 0.05) is 0 Å². The Morgan fingerprint density at radius 3 is 2.48 bits per heavy atom. The van der Waals surface area contributed by atoms with E-state index in [1.54, 1.807) is 0 Å². The van der Waals surface area contributed by atoms with Crippen LogP contribution >= 0.6 is 0 Å². The molecule has 0 N–H and O–H groups in total. The molecule has 0 amide bonds. The SMILES string of the molecule is CCCCC1CCC(/C=C/Cc2ccc(C#N)cc2)CC1. The van der Waals surface area contributed by atoms with E-state index in [-0.39, 0.29) is 0 Å². The van der Waals surface area contributed by atoms with Crippen LogP contribution in [0.25, 0.3) is 0 Å². The molecule has 0 unspecified atom stereocenters. The first-order valence-corrected chi connectivity index (χ1v) is 8.47. The minimum atomic E-state index is 0.744. The zero-order valence-electron chi connectivity index (χ0n) is 13.2. The Labute approximate surface area is 129 Å². The van der Waals surface area contributed by atoms with Crippen molar-refractivity contribution in [2.75, 3.05) is 0 Å². The number of nitriles is 1. The first-order chi connectivity index (χ1) is 10.3. The van der Waals surface area contributed by atoms with Gasteiger partial charge in [0.05, 0.1) is 11.6 Å². The summed E-state index contributed by atoms with van der Waals surface area (Å²) in [7, 11) is 0. The van der Waals surface area contributed by atoms with Crippen LogP contribution in [0.4, 0.5) is 0 Å². The standard InChI is InChI=1S/C20H27N/c1-2-3-5-17-8-10-18(11-9-17)6-4-7-19-12-14-20(16-21)15-13-19/h4,6,12-15,17-18H,2-3,5,7-11H2,1H3/b6-4+. The average molecular weight is 281 g/mol. The van der Waals surface area contributed by atoms with Gasteiger partial charge in [0.15, 0.2) is 0 Å². The summed E-state index contributed by atoms with van der Waals surface area (Å²) in [6.07, 6.45) is 15.5. The van der Waals surface area contributed by atoms with E-state index in [1.807, 2.05) is 12.1 Å². The van der Waals surface area contributed by atoms with Gasteiger partial charge in [-0.1, -0.05) is 50.5 Å². The number of benzene rings is 1. The smallest absolute Gasteiger partial charge is 0.0991 e. The highest BCUT2D eigenvalue weighted by molar-refractivity contribution is 5.32. The van der Waals surface area contributed by atoms with Crippen molar-refractivity contribution in [2.45, 2.75) is 58.3 Å². The third-order valence-electron chi connectivity index (χ3n) is 4.70. The molecule has 0 aromatic heterocycles. The van der Waals surface area contributed by atoms with Crippen molar-refractivity contribution in [1.82, 2.24) is 0 Å². The van der Waals surface area contributed by atoms with E-state index >= 15 is 0 Å². The molecule has 0 saturated heterocycles. The van der Waals surface area contributed by atoms with E-state index in [4.69, 9.17) is 5.26 Å². The number of nitrogens with zero attached hydrogens (tertiary/aromatic N) is 1. The molecule has 0 aliphatic heterocycles. The van der Waals surface area contributed by atoms with Crippen LogP contribution in [-0.4, -0.2) is 0 Å². The zero-order valence-corrected chi connectivity index (χ0v) is 13.2. The summed E-state index contributed by atoms with van der Waals surface area (Å²) >= 11 is 0. The molecule has 0 atom stereocenters. The fourth-order valence-electron chi connectivity index (χ4n) is 3.27. The Balaban J connectivity index is 1.71. The van der Waals surface area contributed by atoms with Gasteiger partial charge in [0.25, 0.3) is 0 Å². The van der Waals surface area contributed by atoms with Crippen molar-refractivity contribution >= 4 is 0 Å². The second kappa shape index (κ2) is 8.67. The topological polar surface area (TPSA) is 23.8 Å². The van der Waals surface area contributed by atoms with Gasteiger partial charge in [-0.15, -0.1) is 0 Å². The number of allylic oxidation sites excluding steroid dienone is 2. The van der Waals surface area contributed by atoms with E-state index in [0.29, 0.717) is 0 Å². The molecular weight excluding hydrogens is 254 g/mol. The zero-order chi connectivity index (χ0) is 14.9. The Kier molecular flexibility index (Phi) is 6.54. The lowest BCUT2D eigenvalue weighted by Gasteiger charge is -2.26. The van der Waals surface area contributed by atoms with E-state index in [0.717, 1.165) is 23.8 Å². The number of hydrogen-bond acceptors (Lipinski definition) is 1. The van der Waals surface area contributed by atoms with Gasteiger partial charge in [-0.05, 0) is 61.6 Å². The van der Waals surface area contributed by atoms with Crippen LogP contribution in [0.15, 0.2) is 36.4 Å². The molecular formula is C20H27N. The van der Waals surface area contributed by atoms with E-state index < -0.39 is 0 Å². The van der Waals surface area contributed by atoms with Crippen molar-refractivity contribution in [3.63, 3.8) is 0 Å². The van der Waals surface area contributed by atoms with E-state index in [9.17, 15) is 0 Å². The van der Waals surface area contributed by atoms with E-state index in [2.05, 4.69) is 37.3 Å². The third kappa shape index (κ3) is 5.38. The fraction of sp³-hybridized carbons (Fsp3) is 0.550. The molecule has 0 bridgehead atoms. The highest BCUT2D eigenvalue weighted by atomic mass is 14.2. The maximum Gasteiger partial charge on any atom is 0.0991 e. The molecule has 1 heteroatoms. The Morgan fingerprint density at radius 2 is 1.86 bits per heavy atom. The van der Waals surface area contributed by atoms with Crippen LogP contribution < -0.4 is 0 Å². The molecule has 1 nitrogen and oxygen atoms in total. The van der Waals surface area contributed by atoms with Crippen molar-refractivity contribution in [3.8, 4) is 6.07 Å². The molecule has 112 valence electrons. The molecule has 2 rings (SSSR count). The number of rotatable bonds is 6. The molecule has 1 fully saturated rings. The fourth-order valence-corrected chi connectivity index (χ4v) is 3.27. The highest BCUT2D eigenvalue weighted by Gasteiger charge is 2.18. The minimum Gasteiger partial charge on any atom is -0.192 e. The summed E-state index contributed by atoms with van der Waals surface area (Å²) in [4.78, 5) is 0. The van der Waals surface area contributed by atoms with Crippen LogP contribution in [-0.2, 0) is 6.42 Å². The summed E-state index contributed by atoms with van der Waals surface area (Å²) in [5.41, 5.74) is 2.04. The summed E-state index contributed by atoms with van der Waals surface area (Å²) < 4.78 is 0. The molecule has 1 aromatic rings. The average Bonchev–Trinajstić information content (AvgIpc) is 2.55. The monoisotopic (exact) mass is 281 g/mol. The highest BCUT2D eigenvalue weighted by Crippen LogP contribution is 2.32. The van der Waals surface area contributed by atoms with Crippen molar-refractivity contribution < 1.29 is 0 Å². The summed E-state index contributed by atoms with van der Waals surface area (Å²) in [6, 6.07) is 10.1. The molecule has 1 saturated carbocycles. The van der Waals surface area contributed by atoms with E-state index in [1.165, 1.54) is 50.5 Å². The lowest BCUT2D eigenvalue weighted by Crippen LogP contribution is -2.13. The number of unbranched alkanes of at least 4 members (excludes halogenated alkanes) is 1. The van der Waals surface area contributed by atoms with Crippen molar-refractivity contribution in [3.05, 3.63) is 47.5 Å². The van der Waals surface area contributed by atoms with Crippen molar-refractivity contribution in [1.29, 1.82) is 5.26 Å². The largest absolute Gasteiger partial charge is 0.192 e. The normalized spacial score (nSPS) is 22.3. The minimum absolute atomic E-state index is 0.744. The lowest BCUT2D eigenvalue weighted by atomic mass is 9.79. The molecule has 1 aliphatic carbocycles.